The van der Waals surface area contributed by atoms with Crippen molar-refractivity contribution in [1.29, 1.82) is 0 Å². The maximum absolute atomic E-state index is 13.1. The van der Waals surface area contributed by atoms with Gasteiger partial charge in [-0.15, -0.1) is 5.10 Å². The molecular weight excluding hydrogens is 393 g/mol. The molecule has 138 valence electrons. The number of aryl methyl sites for hydroxylation is 1. The monoisotopic (exact) mass is 411 g/mol. The van der Waals surface area contributed by atoms with Crippen LogP contribution in [0.5, 0.6) is 0 Å². The molecule has 0 unspecified atom stereocenters. The van der Waals surface area contributed by atoms with E-state index in [0.717, 1.165) is 37.2 Å². The third-order valence-electron chi connectivity index (χ3n) is 4.66. The summed E-state index contributed by atoms with van der Waals surface area (Å²) < 4.78 is 3.82. The van der Waals surface area contributed by atoms with E-state index < -0.39 is 5.91 Å². The van der Waals surface area contributed by atoms with Crippen molar-refractivity contribution in [1.82, 2.24) is 14.5 Å². The van der Waals surface area contributed by atoms with Gasteiger partial charge in [0.1, 0.15) is 4.88 Å². The predicted octanol–water partition coefficient (Wildman–Crippen LogP) is 5.02. The van der Waals surface area contributed by atoms with Gasteiger partial charge in [0, 0.05) is 11.6 Å². The van der Waals surface area contributed by atoms with Crippen LogP contribution in [0.15, 0.2) is 18.2 Å². The summed E-state index contributed by atoms with van der Waals surface area (Å²) in [6, 6.07) is 4.68. The molecule has 1 aromatic carbocycles. The smallest absolute Gasteiger partial charge is 0.273 e. The second-order valence-corrected chi connectivity index (χ2v) is 8.13. The van der Waals surface area contributed by atoms with Crippen LogP contribution in [-0.2, 0) is 0 Å². The summed E-state index contributed by atoms with van der Waals surface area (Å²) in [5, 5.41) is 4.58. The van der Waals surface area contributed by atoms with Crippen LogP contribution in [0.25, 0.3) is 0 Å². The fraction of sp³-hybridized carbons (Fsp3) is 0.444. The van der Waals surface area contributed by atoms with E-state index in [9.17, 15) is 9.59 Å². The van der Waals surface area contributed by atoms with E-state index in [4.69, 9.17) is 23.2 Å². The number of carbonyl (C=O) groups excluding carboxylic acids is 2. The maximum Gasteiger partial charge on any atom is 0.274 e. The molecule has 0 spiro atoms. The minimum atomic E-state index is -0.407. The maximum atomic E-state index is 13.1. The van der Waals surface area contributed by atoms with Gasteiger partial charge in [-0.3, -0.25) is 14.5 Å². The second-order valence-electron chi connectivity index (χ2n) is 6.54. The molecule has 1 aromatic heterocycles. The quantitative estimate of drug-likeness (QED) is 0.662. The molecule has 0 N–H and O–H groups in total. The Hall–Kier alpha value is -1.50. The van der Waals surface area contributed by atoms with Crippen LogP contribution in [0.4, 0.5) is 0 Å². The Morgan fingerprint density at radius 2 is 1.92 bits per heavy atom. The SMILES string of the molecule is Cc1nnsc1C(=O)N(CC1CCCCC1)C(=O)c1ccc(Cl)cc1Cl. The van der Waals surface area contributed by atoms with Crippen LogP contribution in [0.2, 0.25) is 10.0 Å². The molecule has 5 nitrogen and oxygen atoms in total. The van der Waals surface area contributed by atoms with Gasteiger partial charge in [-0.25, -0.2) is 0 Å². The van der Waals surface area contributed by atoms with E-state index >= 15 is 0 Å². The Labute approximate surface area is 166 Å². The Morgan fingerprint density at radius 3 is 2.54 bits per heavy atom. The van der Waals surface area contributed by atoms with Crippen LogP contribution in [0.1, 0.15) is 57.8 Å². The Morgan fingerprint density at radius 1 is 1.19 bits per heavy atom. The average molecular weight is 412 g/mol. The van der Waals surface area contributed by atoms with E-state index in [0.29, 0.717) is 28.1 Å². The topological polar surface area (TPSA) is 63.2 Å². The first-order valence-electron chi connectivity index (χ1n) is 8.57. The van der Waals surface area contributed by atoms with Crippen molar-refractivity contribution in [2.45, 2.75) is 39.0 Å². The summed E-state index contributed by atoms with van der Waals surface area (Å²) in [7, 11) is 0. The zero-order valence-corrected chi connectivity index (χ0v) is 16.7. The number of hydrogen-bond donors (Lipinski definition) is 0. The lowest BCUT2D eigenvalue weighted by Crippen LogP contribution is -2.41. The number of carbonyl (C=O) groups is 2. The summed E-state index contributed by atoms with van der Waals surface area (Å²) in [5.74, 6) is -0.460. The molecule has 0 bridgehead atoms. The standard InChI is InChI=1S/C18H19Cl2N3O2S/c1-11-16(26-22-21-11)18(25)23(10-12-5-3-2-4-6-12)17(24)14-8-7-13(19)9-15(14)20/h7-9,12H,2-6,10H2,1H3. The third kappa shape index (κ3) is 4.24. The zero-order valence-electron chi connectivity index (χ0n) is 14.4. The van der Waals surface area contributed by atoms with E-state index in [1.165, 1.54) is 17.4 Å². The summed E-state index contributed by atoms with van der Waals surface area (Å²) >= 11 is 13.1. The molecule has 0 saturated heterocycles. The van der Waals surface area contributed by atoms with Gasteiger partial charge in [0.25, 0.3) is 11.8 Å². The number of amides is 2. The zero-order chi connectivity index (χ0) is 18.7. The molecule has 0 radical (unpaired) electrons. The number of imide groups is 1. The molecule has 1 aliphatic carbocycles. The minimum absolute atomic E-state index is 0.239. The molecule has 8 heteroatoms. The Balaban J connectivity index is 1.92. The van der Waals surface area contributed by atoms with Gasteiger partial charge in [0.2, 0.25) is 0 Å². The van der Waals surface area contributed by atoms with Crippen LogP contribution in [0.3, 0.4) is 0 Å². The van der Waals surface area contributed by atoms with Crippen molar-refractivity contribution in [2.24, 2.45) is 5.92 Å². The molecule has 0 atom stereocenters. The van der Waals surface area contributed by atoms with E-state index in [-0.39, 0.29) is 16.5 Å². The number of halogens is 2. The lowest BCUT2D eigenvalue weighted by molar-refractivity contribution is 0.0581. The first kappa shape index (κ1) is 19.3. The number of nitrogens with zero attached hydrogens (tertiary/aromatic N) is 3. The summed E-state index contributed by atoms with van der Waals surface area (Å²) in [5.41, 5.74) is 0.805. The van der Waals surface area contributed by atoms with E-state index in [1.54, 1.807) is 19.1 Å². The molecule has 1 fully saturated rings. The lowest BCUT2D eigenvalue weighted by atomic mass is 9.88. The highest BCUT2D eigenvalue weighted by molar-refractivity contribution is 7.08. The highest BCUT2D eigenvalue weighted by Gasteiger charge is 2.31. The summed E-state index contributed by atoms with van der Waals surface area (Å²) in [6.07, 6.45) is 5.50. The Kier molecular flexibility index (Phi) is 6.27. The fourth-order valence-electron chi connectivity index (χ4n) is 3.24. The van der Waals surface area contributed by atoms with Crippen molar-refractivity contribution in [3.05, 3.63) is 44.4 Å². The van der Waals surface area contributed by atoms with Crippen LogP contribution < -0.4 is 0 Å². The number of aromatic nitrogens is 2. The molecule has 3 rings (SSSR count). The predicted molar refractivity (Wildman–Crippen MR) is 103 cm³/mol. The summed E-state index contributed by atoms with van der Waals surface area (Å²) in [4.78, 5) is 27.9. The van der Waals surface area contributed by atoms with Gasteiger partial charge in [-0.1, -0.05) is 47.0 Å². The van der Waals surface area contributed by atoms with Crippen molar-refractivity contribution in [3.63, 3.8) is 0 Å². The van der Waals surface area contributed by atoms with Gasteiger partial charge >= 0.3 is 0 Å². The first-order valence-corrected chi connectivity index (χ1v) is 10.1. The first-order chi connectivity index (χ1) is 12.5. The van der Waals surface area contributed by atoms with Crippen molar-refractivity contribution < 1.29 is 9.59 Å². The minimum Gasteiger partial charge on any atom is -0.273 e. The van der Waals surface area contributed by atoms with Crippen LogP contribution in [-0.4, -0.2) is 32.8 Å². The van der Waals surface area contributed by atoms with Gasteiger partial charge in [0.15, 0.2) is 0 Å². The normalized spacial score (nSPS) is 15.0. The molecule has 1 heterocycles. The van der Waals surface area contributed by atoms with Crippen LogP contribution in [0, 0.1) is 12.8 Å². The second kappa shape index (κ2) is 8.46. The number of benzene rings is 1. The third-order valence-corrected chi connectivity index (χ3v) is 6.03. The molecule has 1 saturated carbocycles. The van der Waals surface area contributed by atoms with Gasteiger partial charge in [0.05, 0.1) is 16.3 Å². The highest BCUT2D eigenvalue weighted by atomic mass is 35.5. The highest BCUT2D eigenvalue weighted by Crippen LogP contribution is 2.28. The van der Waals surface area contributed by atoms with Crippen LogP contribution >= 0.6 is 34.7 Å². The van der Waals surface area contributed by atoms with E-state index in [2.05, 4.69) is 9.59 Å². The van der Waals surface area contributed by atoms with Gasteiger partial charge in [-0.05, 0) is 55.4 Å². The van der Waals surface area contributed by atoms with Crippen molar-refractivity contribution in [3.8, 4) is 0 Å². The average Bonchev–Trinajstić information content (AvgIpc) is 3.05. The molecule has 26 heavy (non-hydrogen) atoms. The van der Waals surface area contributed by atoms with Gasteiger partial charge < -0.3 is 0 Å². The Bertz CT molecular complexity index is 819. The molecule has 2 aromatic rings. The molecular formula is C18H19Cl2N3O2S. The fourth-order valence-corrected chi connectivity index (χ4v) is 4.34. The van der Waals surface area contributed by atoms with Crippen molar-refractivity contribution >= 4 is 46.5 Å². The summed E-state index contributed by atoms with van der Waals surface area (Å²) in [6.45, 7) is 2.10. The molecule has 1 aliphatic rings. The van der Waals surface area contributed by atoms with E-state index in [1.807, 2.05) is 0 Å². The molecule has 0 aliphatic heterocycles. The largest absolute Gasteiger partial charge is 0.274 e. The van der Waals surface area contributed by atoms with Gasteiger partial charge in [-0.2, -0.15) is 0 Å². The van der Waals surface area contributed by atoms with Crippen molar-refractivity contribution in [2.75, 3.05) is 6.54 Å². The number of hydrogen-bond acceptors (Lipinski definition) is 5. The number of rotatable bonds is 4. The molecule has 2 amide bonds. The lowest BCUT2D eigenvalue weighted by Gasteiger charge is -2.28.